The van der Waals surface area contributed by atoms with E-state index in [4.69, 9.17) is 6.42 Å². The summed E-state index contributed by atoms with van der Waals surface area (Å²) in [4.78, 5) is 0.738. The van der Waals surface area contributed by atoms with Crippen LogP contribution >= 0.6 is 11.3 Å². The third-order valence-corrected chi connectivity index (χ3v) is 3.45. The second-order valence-electron chi connectivity index (χ2n) is 3.95. The van der Waals surface area contributed by atoms with Crippen LogP contribution in [-0.2, 0) is 12.6 Å². The van der Waals surface area contributed by atoms with Crippen molar-refractivity contribution in [3.63, 3.8) is 0 Å². The molecule has 98 valence electrons. The van der Waals surface area contributed by atoms with Crippen LogP contribution in [0.25, 0.3) is 0 Å². The van der Waals surface area contributed by atoms with E-state index in [-0.39, 0.29) is 0 Å². The van der Waals surface area contributed by atoms with Crippen molar-refractivity contribution in [2.45, 2.75) is 12.6 Å². The summed E-state index contributed by atoms with van der Waals surface area (Å²) < 4.78 is 50.6. The number of hydrogen-bond donors (Lipinski definition) is 0. The van der Waals surface area contributed by atoms with Crippen LogP contribution in [0, 0.1) is 18.2 Å². The van der Waals surface area contributed by atoms with Gasteiger partial charge in [-0.15, -0.1) is 17.8 Å². The van der Waals surface area contributed by atoms with Crippen molar-refractivity contribution in [1.29, 1.82) is 0 Å². The summed E-state index contributed by atoms with van der Waals surface area (Å²) in [6.45, 7) is 0. The highest BCUT2D eigenvalue weighted by Crippen LogP contribution is 2.32. The minimum atomic E-state index is -4.67. The molecule has 2 aromatic rings. The molecule has 0 saturated carbocycles. The second kappa shape index (κ2) is 5.06. The fourth-order valence-electron chi connectivity index (χ4n) is 1.68. The minimum Gasteiger partial charge on any atom is -0.206 e. The van der Waals surface area contributed by atoms with Crippen molar-refractivity contribution >= 4 is 11.3 Å². The number of alkyl halides is 3. The van der Waals surface area contributed by atoms with Gasteiger partial charge in [-0.3, -0.25) is 0 Å². The van der Waals surface area contributed by atoms with E-state index in [1.165, 1.54) is 17.4 Å². The standard InChI is InChI=1S/C14H8F4S/c1-2-11-6-10(8-19-11)5-9-3-4-12(13(15)7-9)14(16,17)18/h1,3-4,6-8H,5H2. The summed E-state index contributed by atoms with van der Waals surface area (Å²) in [7, 11) is 0. The van der Waals surface area contributed by atoms with Gasteiger partial charge in [0.2, 0.25) is 0 Å². The third-order valence-electron chi connectivity index (χ3n) is 2.54. The Balaban J connectivity index is 2.23. The van der Waals surface area contributed by atoms with Crippen LogP contribution in [0.5, 0.6) is 0 Å². The highest BCUT2D eigenvalue weighted by Gasteiger charge is 2.33. The number of halogens is 4. The average molecular weight is 284 g/mol. The SMILES string of the molecule is C#Cc1cc(Cc2ccc(C(F)(F)F)c(F)c2)cs1. The Hall–Kier alpha value is -1.80. The first-order chi connectivity index (χ1) is 8.90. The molecule has 0 N–H and O–H groups in total. The van der Waals surface area contributed by atoms with E-state index in [9.17, 15) is 17.6 Å². The van der Waals surface area contributed by atoms with E-state index in [1.54, 1.807) is 6.07 Å². The van der Waals surface area contributed by atoms with Crippen LogP contribution in [0.3, 0.4) is 0 Å². The predicted molar refractivity (Wildman–Crippen MR) is 66.5 cm³/mol. The van der Waals surface area contributed by atoms with Crippen molar-refractivity contribution in [3.8, 4) is 12.3 Å². The summed E-state index contributed by atoms with van der Waals surface area (Å²) in [6.07, 6.45) is 0.913. The Morgan fingerprint density at radius 2 is 1.89 bits per heavy atom. The Labute approximate surface area is 111 Å². The molecule has 0 aliphatic heterocycles. The Kier molecular flexibility index (Phi) is 3.63. The highest BCUT2D eigenvalue weighted by atomic mass is 32.1. The van der Waals surface area contributed by atoms with Crippen LogP contribution in [-0.4, -0.2) is 0 Å². The molecular formula is C14H8F4S. The molecule has 5 heteroatoms. The zero-order valence-electron chi connectivity index (χ0n) is 9.59. The molecule has 0 bridgehead atoms. The number of benzene rings is 1. The monoisotopic (exact) mass is 284 g/mol. The van der Waals surface area contributed by atoms with E-state index in [2.05, 4.69) is 5.92 Å². The molecule has 19 heavy (non-hydrogen) atoms. The first-order valence-electron chi connectivity index (χ1n) is 5.30. The lowest BCUT2D eigenvalue weighted by Crippen LogP contribution is -2.08. The molecular weight excluding hydrogens is 276 g/mol. The molecule has 0 nitrogen and oxygen atoms in total. The van der Waals surface area contributed by atoms with E-state index in [0.717, 1.165) is 22.6 Å². The van der Waals surface area contributed by atoms with Gasteiger partial charge in [0.05, 0.1) is 10.4 Å². The van der Waals surface area contributed by atoms with Crippen molar-refractivity contribution in [2.24, 2.45) is 0 Å². The highest BCUT2D eigenvalue weighted by molar-refractivity contribution is 7.10. The quantitative estimate of drug-likeness (QED) is 0.563. The Morgan fingerprint density at radius 3 is 2.42 bits per heavy atom. The van der Waals surface area contributed by atoms with Gasteiger partial charge in [-0.2, -0.15) is 13.2 Å². The summed E-state index contributed by atoms with van der Waals surface area (Å²) >= 11 is 1.37. The lowest BCUT2D eigenvalue weighted by atomic mass is 10.0. The number of terminal acetylenes is 1. The first kappa shape index (κ1) is 13.6. The summed E-state index contributed by atoms with van der Waals surface area (Å²) in [5.41, 5.74) is 0.0925. The molecule has 0 saturated heterocycles. The maximum Gasteiger partial charge on any atom is 0.419 e. The maximum atomic E-state index is 13.4. The van der Waals surface area contributed by atoms with Gasteiger partial charge in [0.1, 0.15) is 5.82 Å². The largest absolute Gasteiger partial charge is 0.419 e. The summed E-state index contributed by atoms with van der Waals surface area (Å²) in [6, 6.07) is 4.72. The molecule has 1 aromatic carbocycles. The number of thiophene rings is 1. The van der Waals surface area contributed by atoms with Crippen LogP contribution < -0.4 is 0 Å². The van der Waals surface area contributed by atoms with Crippen LogP contribution in [0.4, 0.5) is 17.6 Å². The molecule has 0 amide bonds. The van der Waals surface area contributed by atoms with Gasteiger partial charge < -0.3 is 0 Å². The molecule has 0 spiro atoms. The molecule has 0 aliphatic carbocycles. The Morgan fingerprint density at radius 1 is 1.16 bits per heavy atom. The topological polar surface area (TPSA) is 0 Å². The zero-order chi connectivity index (χ0) is 14.0. The molecule has 2 rings (SSSR count). The van der Waals surface area contributed by atoms with Gasteiger partial charge in [0.15, 0.2) is 0 Å². The van der Waals surface area contributed by atoms with E-state index < -0.39 is 17.6 Å². The normalized spacial score (nSPS) is 11.3. The fourth-order valence-corrected chi connectivity index (χ4v) is 2.40. The first-order valence-corrected chi connectivity index (χ1v) is 6.18. The molecule has 1 heterocycles. The summed E-state index contributed by atoms with van der Waals surface area (Å²) in [5.74, 6) is 1.22. The van der Waals surface area contributed by atoms with Crippen molar-refractivity contribution in [2.75, 3.05) is 0 Å². The summed E-state index contributed by atoms with van der Waals surface area (Å²) in [5, 5.41) is 1.81. The molecule has 1 aromatic heterocycles. The minimum absolute atomic E-state index is 0.354. The van der Waals surface area contributed by atoms with Crippen molar-refractivity contribution in [3.05, 3.63) is 57.0 Å². The lowest BCUT2D eigenvalue weighted by molar-refractivity contribution is -0.140. The third kappa shape index (κ3) is 3.15. The molecule has 0 aliphatic rings. The van der Waals surface area contributed by atoms with E-state index in [1.807, 2.05) is 5.38 Å². The van der Waals surface area contributed by atoms with Crippen LogP contribution in [0.2, 0.25) is 0 Å². The predicted octanol–water partition coefficient (Wildman–Crippen LogP) is 4.48. The van der Waals surface area contributed by atoms with Gasteiger partial charge in [-0.1, -0.05) is 12.0 Å². The number of hydrogen-bond acceptors (Lipinski definition) is 1. The van der Waals surface area contributed by atoms with Gasteiger partial charge in [-0.25, -0.2) is 4.39 Å². The van der Waals surface area contributed by atoms with Crippen LogP contribution in [0.1, 0.15) is 21.6 Å². The van der Waals surface area contributed by atoms with Gasteiger partial charge in [0, 0.05) is 0 Å². The van der Waals surface area contributed by atoms with Crippen LogP contribution in [0.15, 0.2) is 29.6 Å². The number of rotatable bonds is 2. The second-order valence-corrected chi connectivity index (χ2v) is 4.86. The lowest BCUT2D eigenvalue weighted by Gasteiger charge is -2.09. The van der Waals surface area contributed by atoms with Gasteiger partial charge in [0.25, 0.3) is 0 Å². The molecule has 0 fully saturated rings. The average Bonchev–Trinajstić information content (AvgIpc) is 2.75. The van der Waals surface area contributed by atoms with Crippen molar-refractivity contribution < 1.29 is 17.6 Å². The van der Waals surface area contributed by atoms with Gasteiger partial charge >= 0.3 is 6.18 Å². The Bertz CT molecular complexity index is 632. The van der Waals surface area contributed by atoms with Gasteiger partial charge in [-0.05, 0) is 41.1 Å². The molecule has 0 atom stereocenters. The molecule has 0 radical (unpaired) electrons. The fraction of sp³-hybridized carbons (Fsp3) is 0.143. The molecule has 0 unspecified atom stereocenters. The zero-order valence-corrected chi connectivity index (χ0v) is 10.4. The smallest absolute Gasteiger partial charge is 0.206 e. The van der Waals surface area contributed by atoms with E-state index >= 15 is 0 Å². The van der Waals surface area contributed by atoms with E-state index in [0.29, 0.717) is 12.0 Å². The van der Waals surface area contributed by atoms with Crippen molar-refractivity contribution in [1.82, 2.24) is 0 Å². The maximum absolute atomic E-state index is 13.4.